The summed E-state index contributed by atoms with van der Waals surface area (Å²) in [5.41, 5.74) is 4.71. The minimum Gasteiger partial charge on any atom is -0.381 e. The molecule has 0 aliphatic carbocycles. The van der Waals surface area contributed by atoms with Gasteiger partial charge in [0, 0.05) is 38.8 Å². The first-order valence-electron chi connectivity index (χ1n) is 9.94. The summed E-state index contributed by atoms with van der Waals surface area (Å²) in [5.74, 6) is 1.97. The predicted molar refractivity (Wildman–Crippen MR) is 110 cm³/mol. The monoisotopic (exact) mass is 377 g/mol. The number of nitrogens with zero attached hydrogens (tertiary/aromatic N) is 3. The lowest BCUT2D eigenvalue weighted by molar-refractivity contribution is 0.0549. The van der Waals surface area contributed by atoms with E-state index in [1.165, 1.54) is 29.5 Å². The summed E-state index contributed by atoms with van der Waals surface area (Å²) in [7, 11) is 2.21. The van der Waals surface area contributed by atoms with E-state index >= 15 is 0 Å². The van der Waals surface area contributed by atoms with Crippen molar-refractivity contribution in [2.45, 2.75) is 26.3 Å². The molecule has 0 saturated carbocycles. The fourth-order valence-electron chi connectivity index (χ4n) is 3.78. The number of ether oxygens (including phenoxy) is 1. The third-order valence-electron chi connectivity index (χ3n) is 5.32. The lowest BCUT2D eigenvalue weighted by Gasteiger charge is -2.27. The van der Waals surface area contributed by atoms with E-state index < -0.39 is 0 Å². The van der Waals surface area contributed by atoms with Crippen LogP contribution in [0.2, 0.25) is 0 Å². The van der Waals surface area contributed by atoms with E-state index in [9.17, 15) is 0 Å². The van der Waals surface area contributed by atoms with Gasteiger partial charge in [0.1, 0.15) is 0 Å². The van der Waals surface area contributed by atoms with Gasteiger partial charge in [-0.15, -0.1) is 0 Å². The fourth-order valence-corrected chi connectivity index (χ4v) is 3.78. The molecule has 1 fully saturated rings. The molecule has 4 rings (SSSR count). The van der Waals surface area contributed by atoms with Crippen molar-refractivity contribution in [3.8, 4) is 22.5 Å². The molecular formula is C23H27N3O2. The summed E-state index contributed by atoms with van der Waals surface area (Å²) in [5, 5.41) is 3.97. The maximum atomic E-state index is 5.46. The maximum absolute atomic E-state index is 5.46. The third kappa shape index (κ3) is 4.66. The van der Waals surface area contributed by atoms with E-state index in [1.54, 1.807) is 6.92 Å². The van der Waals surface area contributed by atoms with Gasteiger partial charge >= 0.3 is 0 Å². The highest BCUT2D eigenvalue weighted by Gasteiger charge is 2.15. The molecule has 2 aromatic carbocycles. The van der Waals surface area contributed by atoms with Crippen LogP contribution in [-0.4, -0.2) is 41.8 Å². The van der Waals surface area contributed by atoms with E-state index in [1.807, 2.05) is 12.1 Å². The van der Waals surface area contributed by atoms with E-state index in [4.69, 9.17) is 9.26 Å². The Bertz CT molecular complexity index is 881. The molecule has 0 amide bonds. The van der Waals surface area contributed by atoms with Crippen molar-refractivity contribution in [3.05, 3.63) is 60.0 Å². The zero-order valence-electron chi connectivity index (χ0n) is 16.6. The van der Waals surface area contributed by atoms with E-state index in [2.05, 4.69) is 58.5 Å². The number of benzene rings is 2. The summed E-state index contributed by atoms with van der Waals surface area (Å²) < 4.78 is 10.5. The van der Waals surface area contributed by atoms with Crippen molar-refractivity contribution >= 4 is 0 Å². The normalized spacial score (nSPS) is 15.2. The van der Waals surface area contributed by atoms with Gasteiger partial charge in [0.2, 0.25) is 11.7 Å². The van der Waals surface area contributed by atoms with E-state index in [0.29, 0.717) is 11.7 Å². The van der Waals surface area contributed by atoms with Gasteiger partial charge in [-0.1, -0.05) is 53.7 Å². The number of rotatable bonds is 6. The Kier molecular flexibility index (Phi) is 5.84. The summed E-state index contributed by atoms with van der Waals surface area (Å²) in [6.07, 6.45) is 2.37. The Balaban J connectivity index is 1.37. The molecule has 1 saturated heterocycles. The molecule has 28 heavy (non-hydrogen) atoms. The number of aromatic nitrogens is 2. The van der Waals surface area contributed by atoms with Crippen LogP contribution in [0.5, 0.6) is 0 Å². The molecular weight excluding hydrogens is 350 g/mol. The van der Waals surface area contributed by atoms with Crippen LogP contribution in [0.3, 0.4) is 0 Å². The van der Waals surface area contributed by atoms with Crippen LogP contribution in [0.25, 0.3) is 22.5 Å². The van der Waals surface area contributed by atoms with Gasteiger partial charge in [-0.3, -0.25) is 0 Å². The summed E-state index contributed by atoms with van der Waals surface area (Å²) in [6.45, 7) is 5.75. The maximum Gasteiger partial charge on any atom is 0.223 e. The second kappa shape index (κ2) is 8.67. The quantitative estimate of drug-likeness (QED) is 0.630. The Morgan fingerprint density at radius 3 is 2.14 bits per heavy atom. The first kappa shape index (κ1) is 18.8. The molecule has 3 aromatic rings. The molecule has 1 aliphatic rings. The standard InChI is InChI=1S/C23H27N3O2/c1-17-24-23(25-28-17)22-9-7-21(8-10-22)20-5-3-18(4-6-20)15-26(2)16-19-11-13-27-14-12-19/h3-10,19H,11-16H2,1-2H3. The van der Waals surface area contributed by atoms with E-state index in [-0.39, 0.29) is 0 Å². The third-order valence-corrected chi connectivity index (χ3v) is 5.32. The largest absolute Gasteiger partial charge is 0.381 e. The second-order valence-corrected chi connectivity index (χ2v) is 7.66. The van der Waals surface area contributed by atoms with Crippen LogP contribution in [0.15, 0.2) is 53.1 Å². The fraction of sp³-hybridized carbons (Fsp3) is 0.391. The first-order valence-corrected chi connectivity index (χ1v) is 9.94. The highest BCUT2D eigenvalue weighted by atomic mass is 16.5. The van der Waals surface area contributed by atoms with Gasteiger partial charge in [-0.05, 0) is 42.5 Å². The molecule has 1 aromatic heterocycles. The van der Waals surface area contributed by atoms with Crippen LogP contribution >= 0.6 is 0 Å². The molecule has 0 atom stereocenters. The molecule has 5 heteroatoms. The Hall–Kier alpha value is -2.50. The van der Waals surface area contributed by atoms with Gasteiger partial charge in [0.15, 0.2) is 0 Å². The van der Waals surface area contributed by atoms with Crippen LogP contribution in [0.4, 0.5) is 0 Å². The highest BCUT2D eigenvalue weighted by Crippen LogP contribution is 2.24. The van der Waals surface area contributed by atoms with Gasteiger partial charge in [-0.2, -0.15) is 4.98 Å². The smallest absolute Gasteiger partial charge is 0.223 e. The molecule has 1 aliphatic heterocycles. The van der Waals surface area contributed by atoms with Crippen LogP contribution in [0, 0.1) is 12.8 Å². The average molecular weight is 377 g/mol. The minimum atomic E-state index is 0.580. The topological polar surface area (TPSA) is 51.4 Å². The summed E-state index contributed by atoms with van der Waals surface area (Å²) in [4.78, 5) is 6.70. The number of hydrogen-bond donors (Lipinski definition) is 0. The lowest BCUT2D eigenvalue weighted by Crippen LogP contribution is -2.29. The first-order chi connectivity index (χ1) is 13.7. The van der Waals surface area contributed by atoms with Crippen molar-refractivity contribution in [2.75, 3.05) is 26.8 Å². The van der Waals surface area contributed by atoms with Gasteiger partial charge in [-0.25, -0.2) is 0 Å². The summed E-state index contributed by atoms with van der Waals surface area (Å²) >= 11 is 0. The molecule has 146 valence electrons. The van der Waals surface area contributed by atoms with Crippen molar-refractivity contribution in [1.29, 1.82) is 0 Å². The van der Waals surface area contributed by atoms with E-state index in [0.717, 1.165) is 37.8 Å². The van der Waals surface area contributed by atoms with Crippen molar-refractivity contribution in [1.82, 2.24) is 15.0 Å². The van der Waals surface area contributed by atoms with Crippen LogP contribution in [-0.2, 0) is 11.3 Å². The zero-order valence-corrected chi connectivity index (χ0v) is 16.6. The summed E-state index contributed by atoms with van der Waals surface area (Å²) in [6, 6.07) is 17.1. The number of hydrogen-bond acceptors (Lipinski definition) is 5. The number of aryl methyl sites for hydroxylation is 1. The average Bonchev–Trinajstić information content (AvgIpc) is 3.16. The SMILES string of the molecule is Cc1nc(-c2ccc(-c3ccc(CN(C)CC4CCOCC4)cc3)cc2)no1. The van der Waals surface area contributed by atoms with Crippen LogP contribution < -0.4 is 0 Å². The molecule has 2 heterocycles. The molecule has 0 radical (unpaired) electrons. The lowest BCUT2D eigenvalue weighted by atomic mass is 9.99. The molecule has 0 bridgehead atoms. The highest BCUT2D eigenvalue weighted by molar-refractivity contribution is 5.67. The van der Waals surface area contributed by atoms with Crippen molar-refractivity contribution < 1.29 is 9.26 Å². The Labute approximate surface area is 166 Å². The predicted octanol–water partition coefficient (Wildman–Crippen LogP) is 4.57. The Morgan fingerprint density at radius 1 is 0.929 bits per heavy atom. The Morgan fingerprint density at radius 2 is 1.54 bits per heavy atom. The van der Waals surface area contributed by atoms with Crippen molar-refractivity contribution in [2.24, 2.45) is 5.92 Å². The van der Waals surface area contributed by atoms with Gasteiger partial charge < -0.3 is 14.2 Å². The van der Waals surface area contributed by atoms with Crippen molar-refractivity contribution in [3.63, 3.8) is 0 Å². The minimum absolute atomic E-state index is 0.580. The molecule has 0 unspecified atom stereocenters. The van der Waals surface area contributed by atoms with Gasteiger partial charge in [0.25, 0.3) is 0 Å². The molecule has 0 N–H and O–H groups in total. The van der Waals surface area contributed by atoms with Gasteiger partial charge in [0.05, 0.1) is 0 Å². The molecule has 0 spiro atoms. The molecule has 5 nitrogen and oxygen atoms in total. The zero-order chi connectivity index (χ0) is 19.3. The van der Waals surface area contributed by atoms with Crippen LogP contribution in [0.1, 0.15) is 24.3 Å². The second-order valence-electron chi connectivity index (χ2n) is 7.66.